The van der Waals surface area contributed by atoms with Gasteiger partial charge in [0.1, 0.15) is 11.8 Å². The van der Waals surface area contributed by atoms with Crippen molar-refractivity contribution >= 4 is 11.8 Å². The Balaban J connectivity index is 1.73. The SMILES string of the molecule is CCOc1ccc(C(=O)N2CCCCC2C(=O)N2CCOCC2)cc1. The maximum Gasteiger partial charge on any atom is 0.254 e. The van der Waals surface area contributed by atoms with Crippen molar-refractivity contribution in [1.29, 1.82) is 0 Å². The number of amides is 2. The third-order valence-corrected chi connectivity index (χ3v) is 4.78. The molecule has 1 atom stereocenters. The van der Waals surface area contributed by atoms with Crippen LogP contribution >= 0.6 is 0 Å². The average molecular weight is 346 g/mol. The van der Waals surface area contributed by atoms with Crippen LogP contribution in [0.5, 0.6) is 5.75 Å². The third-order valence-electron chi connectivity index (χ3n) is 4.78. The minimum absolute atomic E-state index is 0.0577. The highest BCUT2D eigenvalue weighted by molar-refractivity contribution is 5.97. The number of likely N-dealkylation sites (tertiary alicyclic amines) is 1. The summed E-state index contributed by atoms with van der Waals surface area (Å²) >= 11 is 0. The largest absolute Gasteiger partial charge is 0.494 e. The van der Waals surface area contributed by atoms with E-state index in [0.717, 1.165) is 25.0 Å². The molecule has 25 heavy (non-hydrogen) atoms. The summed E-state index contributed by atoms with van der Waals surface area (Å²) in [5.74, 6) is 0.732. The van der Waals surface area contributed by atoms with Crippen LogP contribution in [0.15, 0.2) is 24.3 Å². The van der Waals surface area contributed by atoms with E-state index in [1.165, 1.54) is 0 Å². The van der Waals surface area contributed by atoms with Crippen molar-refractivity contribution in [2.45, 2.75) is 32.2 Å². The van der Waals surface area contributed by atoms with Crippen LogP contribution in [0, 0.1) is 0 Å². The summed E-state index contributed by atoms with van der Waals surface area (Å²) in [7, 11) is 0. The molecule has 0 radical (unpaired) electrons. The van der Waals surface area contributed by atoms with E-state index in [0.29, 0.717) is 45.0 Å². The molecule has 2 fully saturated rings. The normalized spacial score (nSPS) is 21.1. The fourth-order valence-electron chi connectivity index (χ4n) is 3.45. The maximum absolute atomic E-state index is 13.0. The van der Waals surface area contributed by atoms with Gasteiger partial charge in [0.2, 0.25) is 5.91 Å². The summed E-state index contributed by atoms with van der Waals surface area (Å²) in [6.45, 7) is 5.52. The van der Waals surface area contributed by atoms with Crippen molar-refractivity contribution in [2.75, 3.05) is 39.5 Å². The Kier molecular flexibility index (Phi) is 5.91. The van der Waals surface area contributed by atoms with Crippen LogP contribution in [0.3, 0.4) is 0 Å². The number of hydrogen-bond acceptors (Lipinski definition) is 4. The molecule has 1 unspecified atom stereocenters. The summed E-state index contributed by atoms with van der Waals surface area (Å²) < 4.78 is 10.8. The smallest absolute Gasteiger partial charge is 0.254 e. The van der Waals surface area contributed by atoms with Gasteiger partial charge >= 0.3 is 0 Å². The van der Waals surface area contributed by atoms with E-state index in [1.807, 2.05) is 11.8 Å². The van der Waals surface area contributed by atoms with E-state index in [4.69, 9.17) is 9.47 Å². The first-order valence-electron chi connectivity index (χ1n) is 9.11. The molecule has 0 aliphatic carbocycles. The molecule has 136 valence electrons. The van der Waals surface area contributed by atoms with Crippen molar-refractivity contribution in [3.8, 4) is 5.75 Å². The number of carbonyl (C=O) groups is 2. The standard InChI is InChI=1S/C19H26N2O4/c1-2-25-16-8-6-15(7-9-16)18(22)21-10-4-3-5-17(21)19(23)20-11-13-24-14-12-20/h6-9,17H,2-5,10-14H2,1H3. The van der Waals surface area contributed by atoms with Crippen molar-refractivity contribution in [3.05, 3.63) is 29.8 Å². The van der Waals surface area contributed by atoms with Crippen molar-refractivity contribution in [2.24, 2.45) is 0 Å². The number of rotatable bonds is 4. The zero-order valence-corrected chi connectivity index (χ0v) is 14.8. The monoisotopic (exact) mass is 346 g/mol. The van der Waals surface area contributed by atoms with Crippen molar-refractivity contribution in [1.82, 2.24) is 9.80 Å². The zero-order chi connectivity index (χ0) is 17.6. The lowest BCUT2D eigenvalue weighted by Gasteiger charge is -2.38. The maximum atomic E-state index is 13.0. The molecule has 0 spiro atoms. The van der Waals surface area contributed by atoms with Crippen LogP contribution < -0.4 is 4.74 Å². The fraction of sp³-hybridized carbons (Fsp3) is 0.579. The fourth-order valence-corrected chi connectivity index (χ4v) is 3.45. The van der Waals surface area contributed by atoms with E-state index in [9.17, 15) is 9.59 Å². The van der Waals surface area contributed by atoms with Gasteiger partial charge in [-0.15, -0.1) is 0 Å². The quantitative estimate of drug-likeness (QED) is 0.836. The number of morpholine rings is 1. The Morgan fingerprint density at radius 3 is 2.52 bits per heavy atom. The Morgan fingerprint density at radius 1 is 1.12 bits per heavy atom. The van der Waals surface area contributed by atoms with E-state index >= 15 is 0 Å². The molecular formula is C19H26N2O4. The lowest BCUT2D eigenvalue weighted by Crippen LogP contribution is -2.55. The number of hydrogen-bond donors (Lipinski definition) is 0. The Morgan fingerprint density at radius 2 is 1.84 bits per heavy atom. The summed E-state index contributed by atoms with van der Waals surface area (Å²) in [6, 6.07) is 6.81. The molecule has 1 aromatic rings. The second-order valence-electron chi connectivity index (χ2n) is 6.41. The van der Waals surface area contributed by atoms with Gasteiger partial charge in [0.15, 0.2) is 0 Å². The summed E-state index contributed by atoms with van der Waals surface area (Å²) in [5, 5.41) is 0. The highest BCUT2D eigenvalue weighted by Crippen LogP contribution is 2.23. The summed E-state index contributed by atoms with van der Waals surface area (Å²) in [6.07, 6.45) is 2.66. The molecular weight excluding hydrogens is 320 g/mol. The van der Waals surface area contributed by atoms with Gasteiger partial charge in [-0.3, -0.25) is 9.59 Å². The van der Waals surface area contributed by atoms with Gasteiger partial charge in [-0.05, 0) is 50.5 Å². The molecule has 2 saturated heterocycles. The van der Waals surface area contributed by atoms with E-state index < -0.39 is 0 Å². The number of ether oxygens (including phenoxy) is 2. The molecule has 2 aliphatic rings. The van der Waals surface area contributed by atoms with Crippen LogP contribution in [0.2, 0.25) is 0 Å². The van der Waals surface area contributed by atoms with Gasteiger partial charge in [-0.25, -0.2) is 0 Å². The highest BCUT2D eigenvalue weighted by atomic mass is 16.5. The van der Waals surface area contributed by atoms with Gasteiger partial charge in [-0.1, -0.05) is 0 Å². The van der Waals surface area contributed by atoms with Crippen LogP contribution in [0.4, 0.5) is 0 Å². The predicted molar refractivity (Wildman–Crippen MR) is 93.7 cm³/mol. The van der Waals surface area contributed by atoms with Gasteiger partial charge in [0, 0.05) is 25.2 Å². The van der Waals surface area contributed by atoms with E-state index in [2.05, 4.69) is 0 Å². The number of nitrogens with zero attached hydrogens (tertiary/aromatic N) is 2. The molecule has 1 aromatic carbocycles. The lowest BCUT2D eigenvalue weighted by atomic mass is 9.99. The van der Waals surface area contributed by atoms with Gasteiger partial charge in [0.25, 0.3) is 5.91 Å². The second-order valence-corrected chi connectivity index (χ2v) is 6.41. The molecule has 0 aromatic heterocycles. The molecule has 2 heterocycles. The minimum atomic E-state index is -0.356. The number of piperidine rings is 1. The summed E-state index contributed by atoms with van der Waals surface area (Å²) in [5.41, 5.74) is 0.602. The average Bonchev–Trinajstić information content (AvgIpc) is 2.68. The first kappa shape index (κ1) is 17.7. The molecule has 3 rings (SSSR count). The molecule has 0 bridgehead atoms. The first-order chi connectivity index (χ1) is 12.2. The molecule has 0 N–H and O–H groups in total. The first-order valence-corrected chi connectivity index (χ1v) is 9.11. The molecule has 2 aliphatic heterocycles. The Hall–Kier alpha value is -2.08. The molecule has 6 heteroatoms. The van der Waals surface area contributed by atoms with Gasteiger partial charge in [-0.2, -0.15) is 0 Å². The number of benzene rings is 1. The number of carbonyl (C=O) groups excluding carboxylic acids is 2. The van der Waals surface area contributed by atoms with Crippen LogP contribution in [0.1, 0.15) is 36.5 Å². The van der Waals surface area contributed by atoms with Gasteiger partial charge < -0.3 is 19.3 Å². The third kappa shape index (κ3) is 4.12. The Labute approximate surface area is 148 Å². The summed E-state index contributed by atoms with van der Waals surface area (Å²) in [4.78, 5) is 29.4. The Bertz CT molecular complexity index is 596. The topological polar surface area (TPSA) is 59.1 Å². The predicted octanol–water partition coefficient (Wildman–Crippen LogP) is 1.94. The van der Waals surface area contributed by atoms with Crippen molar-refractivity contribution in [3.63, 3.8) is 0 Å². The van der Waals surface area contributed by atoms with E-state index in [-0.39, 0.29) is 17.9 Å². The molecule has 6 nitrogen and oxygen atoms in total. The highest BCUT2D eigenvalue weighted by Gasteiger charge is 2.35. The van der Waals surface area contributed by atoms with E-state index in [1.54, 1.807) is 29.2 Å². The van der Waals surface area contributed by atoms with Crippen molar-refractivity contribution < 1.29 is 19.1 Å². The van der Waals surface area contributed by atoms with Crippen LogP contribution in [0.25, 0.3) is 0 Å². The zero-order valence-electron chi connectivity index (χ0n) is 14.8. The molecule has 0 saturated carbocycles. The lowest BCUT2D eigenvalue weighted by molar-refractivity contribution is -0.141. The van der Waals surface area contributed by atoms with Gasteiger partial charge in [0.05, 0.1) is 19.8 Å². The minimum Gasteiger partial charge on any atom is -0.494 e. The molecule has 2 amide bonds. The van der Waals surface area contributed by atoms with Crippen LogP contribution in [-0.4, -0.2) is 67.1 Å². The second kappa shape index (κ2) is 8.34. The van der Waals surface area contributed by atoms with Crippen LogP contribution in [-0.2, 0) is 9.53 Å².